The molecule has 0 saturated heterocycles. The molecule has 0 fully saturated rings. The first-order valence-electron chi connectivity index (χ1n) is 7.69. The maximum absolute atomic E-state index is 12.6. The molecule has 7 heteroatoms. The Bertz CT molecular complexity index is 937. The van der Waals surface area contributed by atoms with E-state index in [-0.39, 0.29) is 5.91 Å². The molecule has 128 valence electrons. The summed E-state index contributed by atoms with van der Waals surface area (Å²) >= 11 is 1.38. The van der Waals surface area contributed by atoms with Crippen molar-refractivity contribution in [3.05, 3.63) is 52.6 Å². The molecular weight excluding hydrogens is 336 g/mol. The summed E-state index contributed by atoms with van der Waals surface area (Å²) in [5.41, 5.74) is 4.56. The summed E-state index contributed by atoms with van der Waals surface area (Å²) in [5, 5.41) is 5.22. The van der Waals surface area contributed by atoms with Crippen LogP contribution in [0.5, 0.6) is 5.75 Å². The van der Waals surface area contributed by atoms with E-state index in [1.54, 1.807) is 25.6 Å². The third-order valence-electron chi connectivity index (χ3n) is 3.75. The van der Waals surface area contributed by atoms with Crippen LogP contribution in [0.1, 0.15) is 27.4 Å². The Morgan fingerprint density at radius 2 is 2.00 bits per heavy atom. The lowest BCUT2D eigenvalue weighted by atomic mass is 10.0. The molecule has 3 aromatic heterocycles. The van der Waals surface area contributed by atoms with E-state index >= 15 is 0 Å². The van der Waals surface area contributed by atoms with Crippen LogP contribution in [-0.2, 0) is 0 Å². The summed E-state index contributed by atoms with van der Waals surface area (Å²) < 4.78 is 5.51. The van der Waals surface area contributed by atoms with Crippen LogP contribution in [0, 0.1) is 20.8 Å². The van der Waals surface area contributed by atoms with Gasteiger partial charge in [-0.25, -0.2) is 9.97 Å². The number of nitrogens with zero attached hydrogens (tertiary/aromatic N) is 3. The Morgan fingerprint density at radius 3 is 2.64 bits per heavy atom. The molecule has 3 rings (SSSR count). The maximum Gasteiger partial charge on any atom is 0.276 e. The molecule has 0 aliphatic heterocycles. The van der Waals surface area contributed by atoms with Crippen molar-refractivity contribution >= 4 is 22.4 Å². The van der Waals surface area contributed by atoms with Crippen molar-refractivity contribution in [2.45, 2.75) is 20.8 Å². The second kappa shape index (κ2) is 6.98. The number of methoxy groups -OCH3 is 1. The topological polar surface area (TPSA) is 77.0 Å². The van der Waals surface area contributed by atoms with Gasteiger partial charge in [-0.1, -0.05) is 0 Å². The first-order chi connectivity index (χ1) is 12.0. The highest BCUT2D eigenvalue weighted by atomic mass is 32.1. The van der Waals surface area contributed by atoms with Gasteiger partial charge in [0.25, 0.3) is 5.91 Å². The summed E-state index contributed by atoms with van der Waals surface area (Å²) in [6.45, 7) is 5.69. The highest BCUT2D eigenvalue weighted by Crippen LogP contribution is 2.34. The lowest BCUT2D eigenvalue weighted by Gasteiger charge is -2.14. The second-order valence-electron chi connectivity index (χ2n) is 5.61. The third kappa shape index (κ3) is 3.51. The molecule has 0 atom stereocenters. The van der Waals surface area contributed by atoms with Crippen LogP contribution in [-0.4, -0.2) is 28.0 Å². The van der Waals surface area contributed by atoms with E-state index in [0.717, 1.165) is 22.4 Å². The highest BCUT2D eigenvalue weighted by molar-refractivity contribution is 7.13. The normalized spacial score (nSPS) is 10.6. The SMILES string of the molecule is COc1c(-c2cnccc2C)cc(C(=O)Nc2nc(C)cs2)nc1C. The monoisotopic (exact) mass is 354 g/mol. The van der Waals surface area contributed by atoms with Gasteiger partial charge in [0.15, 0.2) is 5.13 Å². The average Bonchev–Trinajstić information content (AvgIpc) is 2.99. The molecule has 0 saturated carbocycles. The van der Waals surface area contributed by atoms with Crippen LogP contribution in [0.4, 0.5) is 5.13 Å². The van der Waals surface area contributed by atoms with Crippen molar-refractivity contribution in [3.8, 4) is 16.9 Å². The number of thiazole rings is 1. The molecule has 0 aromatic carbocycles. The van der Waals surface area contributed by atoms with Crippen molar-refractivity contribution in [3.63, 3.8) is 0 Å². The van der Waals surface area contributed by atoms with E-state index in [0.29, 0.717) is 22.3 Å². The molecule has 0 radical (unpaired) electrons. The summed E-state index contributed by atoms with van der Waals surface area (Å²) in [5.74, 6) is 0.334. The molecule has 6 nitrogen and oxygen atoms in total. The van der Waals surface area contributed by atoms with Gasteiger partial charge in [-0.3, -0.25) is 15.1 Å². The zero-order chi connectivity index (χ0) is 18.0. The number of amides is 1. The Kier molecular flexibility index (Phi) is 4.76. The molecule has 0 spiro atoms. The van der Waals surface area contributed by atoms with Crippen molar-refractivity contribution < 1.29 is 9.53 Å². The number of nitrogens with one attached hydrogen (secondary N) is 1. The number of ether oxygens (including phenoxy) is 1. The molecular formula is C18H18N4O2S. The lowest BCUT2D eigenvalue weighted by molar-refractivity contribution is 0.102. The minimum absolute atomic E-state index is 0.303. The fourth-order valence-corrected chi connectivity index (χ4v) is 3.24. The number of carbonyl (C=O) groups is 1. The standard InChI is InChI=1S/C18H18N4O2S/c1-10-5-6-19-8-14(10)13-7-15(21-12(3)16(13)24-4)17(23)22-18-20-11(2)9-25-18/h5-9H,1-4H3,(H,20,22,23). The lowest BCUT2D eigenvalue weighted by Crippen LogP contribution is -2.15. The number of rotatable bonds is 4. The van der Waals surface area contributed by atoms with Crippen LogP contribution in [0.25, 0.3) is 11.1 Å². The molecule has 3 heterocycles. The highest BCUT2D eigenvalue weighted by Gasteiger charge is 2.18. The smallest absolute Gasteiger partial charge is 0.276 e. The Balaban J connectivity index is 2.04. The number of hydrogen-bond donors (Lipinski definition) is 1. The van der Waals surface area contributed by atoms with E-state index in [1.807, 2.05) is 32.2 Å². The van der Waals surface area contributed by atoms with Crippen molar-refractivity contribution in [2.24, 2.45) is 0 Å². The first kappa shape index (κ1) is 17.0. The predicted molar refractivity (Wildman–Crippen MR) is 98.3 cm³/mol. The van der Waals surface area contributed by atoms with Gasteiger partial charge in [-0.15, -0.1) is 11.3 Å². The number of carbonyl (C=O) groups excluding carboxylic acids is 1. The van der Waals surface area contributed by atoms with Crippen molar-refractivity contribution in [1.82, 2.24) is 15.0 Å². The molecule has 0 aliphatic carbocycles. The Morgan fingerprint density at radius 1 is 1.20 bits per heavy atom. The Labute approximate surface area is 149 Å². The Hall–Kier alpha value is -2.80. The van der Waals surface area contributed by atoms with E-state index in [2.05, 4.69) is 20.3 Å². The van der Waals surface area contributed by atoms with Crippen molar-refractivity contribution in [1.29, 1.82) is 0 Å². The van der Waals surface area contributed by atoms with Gasteiger partial charge >= 0.3 is 0 Å². The quantitative estimate of drug-likeness (QED) is 0.771. The van der Waals surface area contributed by atoms with E-state index in [9.17, 15) is 4.79 Å². The number of aryl methyl sites for hydroxylation is 3. The van der Waals surface area contributed by atoms with Crippen LogP contribution in [0.3, 0.4) is 0 Å². The summed E-state index contributed by atoms with van der Waals surface area (Å²) in [7, 11) is 1.59. The van der Waals surface area contributed by atoms with Gasteiger partial charge in [0, 0.05) is 28.9 Å². The zero-order valence-electron chi connectivity index (χ0n) is 14.5. The summed E-state index contributed by atoms with van der Waals surface area (Å²) in [6, 6.07) is 3.65. The summed E-state index contributed by atoms with van der Waals surface area (Å²) in [6.07, 6.45) is 3.50. The average molecular weight is 354 g/mol. The van der Waals surface area contributed by atoms with Gasteiger partial charge in [-0.2, -0.15) is 0 Å². The van der Waals surface area contributed by atoms with Crippen LogP contribution in [0.15, 0.2) is 29.9 Å². The van der Waals surface area contributed by atoms with Crippen LogP contribution >= 0.6 is 11.3 Å². The molecule has 3 aromatic rings. The molecule has 25 heavy (non-hydrogen) atoms. The third-order valence-corrected chi connectivity index (χ3v) is 4.62. The number of aromatic nitrogens is 3. The van der Waals surface area contributed by atoms with Gasteiger partial charge in [-0.05, 0) is 38.5 Å². The van der Waals surface area contributed by atoms with Crippen molar-refractivity contribution in [2.75, 3.05) is 12.4 Å². The number of hydrogen-bond acceptors (Lipinski definition) is 6. The van der Waals surface area contributed by atoms with Gasteiger partial charge in [0.1, 0.15) is 11.4 Å². The minimum atomic E-state index is -0.303. The summed E-state index contributed by atoms with van der Waals surface area (Å²) in [4.78, 5) is 25.4. The number of anilines is 1. The molecule has 0 aliphatic rings. The number of pyridine rings is 2. The zero-order valence-corrected chi connectivity index (χ0v) is 15.3. The largest absolute Gasteiger partial charge is 0.494 e. The van der Waals surface area contributed by atoms with E-state index in [4.69, 9.17) is 4.74 Å². The minimum Gasteiger partial charge on any atom is -0.494 e. The molecule has 0 unspecified atom stereocenters. The first-order valence-corrected chi connectivity index (χ1v) is 8.57. The molecule has 1 amide bonds. The van der Waals surface area contributed by atoms with Crippen LogP contribution in [0.2, 0.25) is 0 Å². The van der Waals surface area contributed by atoms with E-state index in [1.165, 1.54) is 11.3 Å². The van der Waals surface area contributed by atoms with Gasteiger partial charge < -0.3 is 4.74 Å². The molecule has 1 N–H and O–H groups in total. The van der Waals surface area contributed by atoms with E-state index < -0.39 is 0 Å². The fourth-order valence-electron chi connectivity index (χ4n) is 2.55. The predicted octanol–water partition coefficient (Wildman–Crippen LogP) is 3.79. The van der Waals surface area contributed by atoms with Gasteiger partial charge in [0.2, 0.25) is 0 Å². The fraction of sp³-hybridized carbons (Fsp3) is 0.222. The maximum atomic E-state index is 12.6. The molecule has 0 bridgehead atoms. The van der Waals surface area contributed by atoms with Crippen LogP contribution < -0.4 is 10.1 Å². The second-order valence-corrected chi connectivity index (χ2v) is 6.47. The van der Waals surface area contributed by atoms with Gasteiger partial charge in [0.05, 0.1) is 18.5 Å².